The van der Waals surface area contributed by atoms with Crippen molar-refractivity contribution in [2.75, 3.05) is 26.5 Å². The van der Waals surface area contributed by atoms with E-state index >= 15 is 0 Å². The van der Waals surface area contributed by atoms with E-state index in [1.165, 1.54) is 12.0 Å². The van der Waals surface area contributed by atoms with Crippen LogP contribution in [0.4, 0.5) is 0 Å². The van der Waals surface area contributed by atoms with Crippen molar-refractivity contribution < 1.29 is 13.7 Å². The van der Waals surface area contributed by atoms with E-state index in [4.69, 9.17) is 8.92 Å². The zero-order valence-corrected chi connectivity index (χ0v) is 7.52. The quantitative estimate of drug-likeness (QED) is 0.442. The molecule has 0 fully saturated rings. The van der Waals surface area contributed by atoms with Gasteiger partial charge in [0.25, 0.3) is 6.47 Å². The number of carbonyl (C=O) groups excluding carboxylic acids is 1. The second-order valence-electron chi connectivity index (χ2n) is 1.86. The third-order valence-electron chi connectivity index (χ3n) is 1.05. The van der Waals surface area contributed by atoms with Crippen LogP contribution in [0.2, 0.25) is 0 Å². The third kappa shape index (κ3) is 6.15. The molecule has 0 saturated heterocycles. The lowest BCUT2D eigenvalue weighted by atomic mass is 10.4. The summed E-state index contributed by atoms with van der Waals surface area (Å²) in [6.45, 7) is 1.46. The highest BCUT2D eigenvalue weighted by Gasteiger charge is 2.07. The second-order valence-corrected chi connectivity index (χ2v) is 2.43. The van der Waals surface area contributed by atoms with Crippen molar-refractivity contribution in [3.8, 4) is 0 Å². The van der Waals surface area contributed by atoms with Gasteiger partial charge in [-0.25, -0.2) is 0 Å². The lowest BCUT2D eigenvalue weighted by Crippen LogP contribution is -2.29. The molecule has 1 atom stereocenters. The Bertz CT molecular complexity index is 102. The molecule has 0 heterocycles. The average molecular weight is 179 g/mol. The van der Waals surface area contributed by atoms with Crippen LogP contribution in [0, 0.1) is 0 Å². The number of hydrogen-bond donors (Lipinski definition) is 1. The predicted molar refractivity (Wildman–Crippen MR) is 44.3 cm³/mol. The summed E-state index contributed by atoms with van der Waals surface area (Å²) in [5.74, 6) is 0. The van der Waals surface area contributed by atoms with Gasteiger partial charge >= 0.3 is 0 Å². The van der Waals surface area contributed by atoms with Gasteiger partial charge in [0.05, 0.1) is 6.61 Å². The molecule has 0 aromatic heterocycles. The topological polar surface area (TPSA) is 47.6 Å². The molecule has 0 aromatic carbocycles. The summed E-state index contributed by atoms with van der Waals surface area (Å²) < 4.78 is 9.70. The Morgan fingerprint density at radius 3 is 2.91 bits per heavy atom. The lowest BCUT2D eigenvalue weighted by Gasteiger charge is -2.12. The number of carbonyl (C=O) groups is 1. The molecule has 0 rings (SSSR count). The molecule has 0 spiro atoms. The molecule has 11 heavy (non-hydrogen) atoms. The smallest absolute Gasteiger partial charge is 0.293 e. The molecule has 0 amide bonds. The van der Waals surface area contributed by atoms with E-state index < -0.39 is 0 Å². The van der Waals surface area contributed by atoms with Crippen LogP contribution in [0.1, 0.15) is 0 Å². The van der Waals surface area contributed by atoms with E-state index in [1.807, 2.05) is 6.26 Å². The molecule has 4 nitrogen and oxygen atoms in total. The third-order valence-corrected chi connectivity index (χ3v) is 1.42. The summed E-state index contributed by atoms with van der Waals surface area (Å²) in [5.41, 5.74) is 0. The van der Waals surface area contributed by atoms with Gasteiger partial charge in [-0.1, -0.05) is 0 Å². The molecule has 0 bridgehead atoms. The minimum atomic E-state index is -0.190. The van der Waals surface area contributed by atoms with E-state index in [0.717, 1.165) is 0 Å². The number of likely N-dealkylation sites (N-methyl/N-ethyl adjacent to an activating group) is 1. The van der Waals surface area contributed by atoms with Crippen LogP contribution in [0.3, 0.4) is 0 Å². The van der Waals surface area contributed by atoms with Crippen LogP contribution in [0.5, 0.6) is 0 Å². The van der Waals surface area contributed by atoms with E-state index in [9.17, 15) is 4.79 Å². The van der Waals surface area contributed by atoms with Crippen LogP contribution in [-0.4, -0.2) is 39.0 Å². The molecule has 66 valence electrons. The normalized spacial score (nSPS) is 12.5. The van der Waals surface area contributed by atoms with Gasteiger partial charge in [-0.15, -0.1) is 0 Å². The fourth-order valence-corrected chi connectivity index (χ4v) is 0.884. The fourth-order valence-electron chi connectivity index (χ4n) is 0.596. The van der Waals surface area contributed by atoms with Crippen molar-refractivity contribution >= 4 is 18.5 Å². The monoisotopic (exact) mass is 179 g/mol. The van der Waals surface area contributed by atoms with Crippen LogP contribution in [-0.2, 0) is 13.7 Å². The first-order chi connectivity index (χ1) is 5.35. The molecule has 1 unspecified atom stereocenters. The zero-order chi connectivity index (χ0) is 8.53. The van der Waals surface area contributed by atoms with Gasteiger partial charge in [0.1, 0.15) is 6.10 Å². The van der Waals surface area contributed by atoms with Gasteiger partial charge in [-0.3, -0.25) is 4.79 Å². The van der Waals surface area contributed by atoms with E-state index in [-0.39, 0.29) is 6.10 Å². The Kier molecular flexibility index (Phi) is 7.66. The van der Waals surface area contributed by atoms with Gasteiger partial charge in [0.15, 0.2) is 0 Å². The van der Waals surface area contributed by atoms with Gasteiger partial charge in [-0.2, -0.15) is 0 Å². The van der Waals surface area contributed by atoms with E-state index in [2.05, 4.69) is 5.32 Å². The first-order valence-corrected chi connectivity index (χ1v) is 4.39. The minimum Gasteiger partial charge on any atom is -0.461 e. The standard InChI is InChI=1S/C6H13NO3S/c1-7-3-6(9-5-8)4-10-11-2/h5-7H,3-4H2,1-2H3. The fraction of sp³-hybridized carbons (Fsp3) is 0.833. The Balaban J connectivity index is 3.41. The Hall–Kier alpha value is -0.260. The first kappa shape index (κ1) is 10.7. The summed E-state index contributed by atoms with van der Waals surface area (Å²) in [4.78, 5) is 9.94. The van der Waals surface area contributed by atoms with Gasteiger partial charge in [0.2, 0.25) is 0 Å². The number of rotatable bonds is 7. The maximum atomic E-state index is 9.94. The van der Waals surface area contributed by atoms with Crippen LogP contribution in [0.25, 0.3) is 0 Å². The highest BCUT2D eigenvalue weighted by atomic mass is 32.2. The molecule has 0 saturated carbocycles. The highest BCUT2D eigenvalue weighted by molar-refractivity contribution is 7.93. The number of hydrogen-bond acceptors (Lipinski definition) is 5. The number of ether oxygens (including phenoxy) is 1. The van der Waals surface area contributed by atoms with Crippen LogP contribution >= 0.6 is 12.0 Å². The SMILES string of the molecule is CNCC(COSC)OC=O. The van der Waals surface area contributed by atoms with Crippen molar-refractivity contribution in [3.63, 3.8) is 0 Å². The Labute approximate surface area is 70.8 Å². The van der Waals surface area contributed by atoms with Gasteiger partial charge < -0.3 is 14.2 Å². The highest BCUT2D eigenvalue weighted by Crippen LogP contribution is 1.98. The van der Waals surface area contributed by atoms with Crippen molar-refractivity contribution in [3.05, 3.63) is 0 Å². The first-order valence-electron chi connectivity index (χ1n) is 3.24. The Morgan fingerprint density at radius 2 is 2.45 bits per heavy atom. The molecule has 0 radical (unpaired) electrons. The predicted octanol–water partition coefficient (Wildman–Crippen LogP) is 0.0420. The number of nitrogens with one attached hydrogen (secondary N) is 1. The summed E-state index contributed by atoms with van der Waals surface area (Å²) in [6, 6.07) is 0. The van der Waals surface area contributed by atoms with E-state index in [1.54, 1.807) is 7.05 Å². The molecule has 5 heteroatoms. The van der Waals surface area contributed by atoms with Crippen LogP contribution < -0.4 is 5.32 Å². The molecular weight excluding hydrogens is 166 g/mol. The van der Waals surface area contributed by atoms with Crippen molar-refractivity contribution in [1.29, 1.82) is 0 Å². The van der Waals surface area contributed by atoms with E-state index in [0.29, 0.717) is 19.6 Å². The largest absolute Gasteiger partial charge is 0.461 e. The summed E-state index contributed by atoms with van der Waals surface area (Å²) in [5, 5.41) is 2.89. The van der Waals surface area contributed by atoms with Crippen LogP contribution in [0.15, 0.2) is 0 Å². The summed E-state index contributed by atoms with van der Waals surface area (Å²) >= 11 is 1.26. The summed E-state index contributed by atoms with van der Waals surface area (Å²) in [7, 11) is 1.79. The molecule has 0 aliphatic carbocycles. The molecular formula is C6H13NO3S. The molecule has 0 aliphatic rings. The lowest BCUT2D eigenvalue weighted by molar-refractivity contribution is -0.134. The maximum Gasteiger partial charge on any atom is 0.293 e. The van der Waals surface area contributed by atoms with Gasteiger partial charge in [-0.05, 0) is 19.1 Å². The second kappa shape index (κ2) is 7.84. The van der Waals surface area contributed by atoms with Gasteiger partial charge in [0, 0.05) is 12.8 Å². The molecule has 0 aromatic rings. The summed E-state index contributed by atoms with van der Waals surface area (Å²) in [6.07, 6.45) is 1.63. The average Bonchev–Trinajstić information content (AvgIpc) is 2.01. The minimum absolute atomic E-state index is 0.190. The molecule has 1 N–H and O–H groups in total. The van der Waals surface area contributed by atoms with Crippen molar-refractivity contribution in [2.24, 2.45) is 0 Å². The maximum absolute atomic E-state index is 9.94. The molecule has 0 aliphatic heterocycles. The Morgan fingerprint density at radius 1 is 1.73 bits per heavy atom. The van der Waals surface area contributed by atoms with Crippen molar-refractivity contribution in [1.82, 2.24) is 5.32 Å². The van der Waals surface area contributed by atoms with Crippen molar-refractivity contribution in [2.45, 2.75) is 6.10 Å². The zero-order valence-electron chi connectivity index (χ0n) is 6.70.